The minimum absolute atomic E-state index is 0.0233. The average molecular weight is 444 g/mol. The van der Waals surface area contributed by atoms with E-state index in [0.717, 1.165) is 37.2 Å². The number of halogens is 2. The number of anilines is 2. The maximum absolute atomic E-state index is 13.3. The van der Waals surface area contributed by atoms with E-state index in [4.69, 9.17) is 23.8 Å². The molecule has 2 aromatic rings. The number of rotatable bonds is 5. The second-order valence-corrected chi connectivity index (χ2v) is 7.87. The number of benzene rings is 2. The van der Waals surface area contributed by atoms with Gasteiger partial charge in [0.25, 0.3) is 11.8 Å². The van der Waals surface area contributed by atoms with Crippen LogP contribution in [0.4, 0.5) is 15.8 Å². The van der Waals surface area contributed by atoms with Crippen molar-refractivity contribution >= 4 is 58.2 Å². The third kappa shape index (κ3) is 3.95. The zero-order valence-corrected chi connectivity index (χ0v) is 17.6. The summed E-state index contributed by atoms with van der Waals surface area (Å²) in [6.07, 6.45) is 3.39. The average Bonchev–Trinajstić information content (AvgIpc) is 3.13. The third-order valence-electron chi connectivity index (χ3n) is 5.15. The van der Waals surface area contributed by atoms with Crippen LogP contribution in [0.2, 0.25) is 0 Å². The van der Waals surface area contributed by atoms with Gasteiger partial charge >= 0.3 is 0 Å². The van der Waals surface area contributed by atoms with Crippen molar-refractivity contribution in [2.45, 2.75) is 12.8 Å². The molecule has 0 spiro atoms. The van der Waals surface area contributed by atoms with E-state index in [1.807, 2.05) is 18.2 Å². The summed E-state index contributed by atoms with van der Waals surface area (Å²) in [7, 11) is 0. The maximum atomic E-state index is 13.3. The van der Waals surface area contributed by atoms with Crippen molar-refractivity contribution in [2.24, 2.45) is 0 Å². The lowest BCUT2D eigenvalue weighted by atomic mass is 10.0. The van der Waals surface area contributed by atoms with Crippen LogP contribution < -0.4 is 15.1 Å². The van der Waals surface area contributed by atoms with Crippen LogP contribution in [0.25, 0.3) is 6.08 Å². The molecule has 2 heterocycles. The second-order valence-electron chi connectivity index (χ2n) is 7.10. The van der Waals surface area contributed by atoms with Gasteiger partial charge in [-0.2, -0.15) is 0 Å². The van der Waals surface area contributed by atoms with E-state index in [1.165, 1.54) is 34.7 Å². The number of alkyl halides is 1. The van der Waals surface area contributed by atoms with Gasteiger partial charge in [-0.3, -0.25) is 19.8 Å². The highest BCUT2D eigenvalue weighted by molar-refractivity contribution is 7.80. The molecule has 0 atom stereocenters. The van der Waals surface area contributed by atoms with Crippen LogP contribution in [0.5, 0.6) is 0 Å². The predicted molar refractivity (Wildman–Crippen MR) is 120 cm³/mol. The van der Waals surface area contributed by atoms with Crippen LogP contribution in [-0.4, -0.2) is 35.9 Å². The fraction of sp³-hybridized carbons (Fsp3) is 0.227. The topological polar surface area (TPSA) is 52.7 Å². The van der Waals surface area contributed by atoms with Gasteiger partial charge in [-0.05, 0) is 78.7 Å². The minimum atomic E-state index is -0.549. The molecule has 0 aromatic heterocycles. The lowest BCUT2D eigenvalue weighted by Gasteiger charge is -2.28. The van der Waals surface area contributed by atoms with Crippen LogP contribution in [0.15, 0.2) is 48.0 Å². The van der Waals surface area contributed by atoms with Crippen LogP contribution in [0.3, 0.4) is 0 Å². The number of hydrogen-bond donors (Lipinski definition) is 1. The Morgan fingerprint density at radius 1 is 1.17 bits per heavy atom. The van der Waals surface area contributed by atoms with Crippen molar-refractivity contribution < 1.29 is 14.0 Å². The summed E-state index contributed by atoms with van der Waals surface area (Å²) in [4.78, 5) is 29.0. The standard InChI is InChI=1S/C22H19ClFN3O2S/c23-9-1-10-26-11-8-15-12-14(2-7-19(15)26)13-18-20(28)25-22(30)27(21(18)29)17-5-3-16(24)4-6-17/h2-7,12-13H,1,8-11H2,(H,25,28,30). The van der Waals surface area contributed by atoms with Gasteiger partial charge in [-0.1, -0.05) is 6.07 Å². The Hall–Kier alpha value is -2.77. The van der Waals surface area contributed by atoms with Crippen LogP contribution >= 0.6 is 23.8 Å². The fourth-order valence-corrected chi connectivity index (χ4v) is 4.11. The molecule has 2 aromatic carbocycles. The van der Waals surface area contributed by atoms with Gasteiger partial charge in [-0.15, -0.1) is 11.6 Å². The molecule has 0 bridgehead atoms. The normalized spacial score (nSPS) is 17.5. The van der Waals surface area contributed by atoms with Gasteiger partial charge in [0.15, 0.2) is 5.11 Å². The monoisotopic (exact) mass is 443 g/mol. The largest absolute Gasteiger partial charge is 0.371 e. The smallest absolute Gasteiger partial charge is 0.270 e. The zero-order chi connectivity index (χ0) is 21.3. The molecule has 30 heavy (non-hydrogen) atoms. The Kier molecular flexibility index (Phi) is 5.83. The number of carbonyl (C=O) groups excluding carboxylic acids is 2. The van der Waals surface area contributed by atoms with Gasteiger partial charge in [0.1, 0.15) is 11.4 Å². The van der Waals surface area contributed by atoms with Crippen molar-refractivity contribution in [3.05, 3.63) is 65.0 Å². The molecule has 0 radical (unpaired) electrons. The summed E-state index contributed by atoms with van der Waals surface area (Å²) >= 11 is 11.0. The Balaban J connectivity index is 1.62. The summed E-state index contributed by atoms with van der Waals surface area (Å²) in [5.74, 6) is -0.890. The molecule has 1 fully saturated rings. The highest BCUT2D eigenvalue weighted by Gasteiger charge is 2.34. The summed E-state index contributed by atoms with van der Waals surface area (Å²) in [5, 5.41) is 2.51. The van der Waals surface area contributed by atoms with E-state index in [9.17, 15) is 14.0 Å². The maximum Gasteiger partial charge on any atom is 0.270 e. The highest BCUT2D eigenvalue weighted by Crippen LogP contribution is 2.30. The summed E-state index contributed by atoms with van der Waals surface area (Å²) in [5.41, 5.74) is 3.47. The molecular formula is C22H19ClFN3O2S. The van der Waals surface area contributed by atoms with Crippen molar-refractivity contribution in [3.8, 4) is 0 Å². The Morgan fingerprint density at radius 3 is 2.67 bits per heavy atom. The highest BCUT2D eigenvalue weighted by atomic mass is 35.5. The summed E-state index contributed by atoms with van der Waals surface area (Å²) in [6, 6.07) is 11.3. The lowest BCUT2D eigenvalue weighted by Crippen LogP contribution is -2.54. The quantitative estimate of drug-likeness (QED) is 0.332. The Labute approximate surface area is 184 Å². The van der Waals surface area contributed by atoms with Gasteiger partial charge in [0.2, 0.25) is 0 Å². The predicted octanol–water partition coefficient (Wildman–Crippen LogP) is 3.65. The van der Waals surface area contributed by atoms with Gasteiger partial charge in [-0.25, -0.2) is 4.39 Å². The Bertz CT molecular complexity index is 1050. The van der Waals surface area contributed by atoms with E-state index in [1.54, 1.807) is 6.08 Å². The molecule has 2 aliphatic heterocycles. The van der Waals surface area contributed by atoms with Gasteiger partial charge < -0.3 is 4.90 Å². The zero-order valence-electron chi connectivity index (χ0n) is 16.0. The molecule has 2 amide bonds. The molecule has 1 saturated heterocycles. The molecule has 2 aliphatic rings. The van der Waals surface area contributed by atoms with E-state index < -0.39 is 17.6 Å². The van der Waals surface area contributed by atoms with E-state index in [-0.39, 0.29) is 10.7 Å². The first-order valence-electron chi connectivity index (χ1n) is 9.59. The first-order valence-corrected chi connectivity index (χ1v) is 10.5. The van der Waals surface area contributed by atoms with Crippen molar-refractivity contribution in [3.63, 3.8) is 0 Å². The van der Waals surface area contributed by atoms with Crippen LogP contribution in [0, 0.1) is 5.82 Å². The number of carbonyl (C=O) groups is 2. The van der Waals surface area contributed by atoms with E-state index >= 15 is 0 Å². The van der Waals surface area contributed by atoms with E-state index in [2.05, 4.69) is 10.2 Å². The number of amides is 2. The number of nitrogens with one attached hydrogen (secondary N) is 1. The fourth-order valence-electron chi connectivity index (χ4n) is 3.71. The molecule has 1 N–H and O–H groups in total. The summed E-state index contributed by atoms with van der Waals surface area (Å²) in [6.45, 7) is 1.83. The molecule has 0 saturated carbocycles. The second kappa shape index (κ2) is 8.53. The molecule has 5 nitrogen and oxygen atoms in total. The summed E-state index contributed by atoms with van der Waals surface area (Å²) < 4.78 is 13.3. The number of thiocarbonyl (C=S) groups is 1. The van der Waals surface area contributed by atoms with Crippen LogP contribution in [0.1, 0.15) is 17.5 Å². The van der Waals surface area contributed by atoms with Gasteiger partial charge in [0, 0.05) is 24.7 Å². The first-order chi connectivity index (χ1) is 14.5. The number of fused-ring (bicyclic) bond motifs is 1. The third-order valence-corrected chi connectivity index (χ3v) is 5.71. The minimum Gasteiger partial charge on any atom is -0.371 e. The lowest BCUT2D eigenvalue weighted by molar-refractivity contribution is -0.122. The molecule has 0 aliphatic carbocycles. The number of nitrogens with zero attached hydrogens (tertiary/aromatic N) is 2. The van der Waals surface area contributed by atoms with Crippen molar-refractivity contribution in [2.75, 3.05) is 28.8 Å². The molecule has 0 unspecified atom stereocenters. The molecular weight excluding hydrogens is 425 g/mol. The Morgan fingerprint density at radius 2 is 1.93 bits per heavy atom. The molecule has 8 heteroatoms. The first kappa shape index (κ1) is 20.5. The van der Waals surface area contributed by atoms with Crippen LogP contribution in [-0.2, 0) is 16.0 Å². The number of hydrogen-bond acceptors (Lipinski definition) is 4. The van der Waals surface area contributed by atoms with Gasteiger partial charge in [0.05, 0.1) is 5.69 Å². The van der Waals surface area contributed by atoms with Crippen molar-refractivity contribution in [1.82, 2.24) is 5.32 Å². The molecule has 4 rings (SSSR count). The SMILES string of the molecule is O=C1NC(=S)N(c2ccc(F)cc2)C(=O)C1=Cc1ccc2c(c1)CCN2CCCCl. The molecule has 154 valence electrons. The van der Waals surface area contributed by atoms with Crippen molar-refractivity contribution in [1.29, 1.82) is 0 Å². The van der Waals surface area contributed by atoms with E-state index in [0.29, 0.717) is 11.6 Å².